The van der Waals surface area contributed by atoms with Crippen LogP contribution in [0.5, 0.6) is 0 Å². The van der Waals surface area contributed by atoms with E-state index in [1.54, 1.807) is 20.8 Å². The number of hydrogen-bond acceptors (Lipinski definition) is 6. The van der Waals surface area contributed by atoms with Crippen LogP contribution in [-0.2, 0) is 23.9 Å². The molecule has 0 radical (unpaired) electrons. The molecule has 2 N–H and O–H groups in total. The monoisotopic (exact) mass is 329 g/mol. The Hall–Kier alpha value is -2.32. The minimum Gasteiger partial charge on any atom is -0.467 e. The van der Waals surface area contributed by atoms with E-state index in [0.717, 1.165) is 0 Å². The molecular weight excluding hydrogens is 306 g/mol. The lowest BCUT2D eigenvalue weighted by molar-refractivity contribution is -0.148. The maximum Gasteiger partial charge on any atom is 0.408 e. The first-order chi connectivity index (χ1) is 10.6. The summed E-state index contributed by atoms with van der Waals surface area (Å²) in [4.78, 5) is 47.7. The minimum atomic E-state index is -1.35. The van der Waals surface area contributed by atoms with E-state index in [1.807, 2.05) is 0 Å². The predicted octanol–water partition coefficient (Wildman–Crippen LogP) is -0.599. The SMILES string of the molecule is COC(=O)C1(NC(=O)OC(C)(C)C)CCN(C(=O)CNC=O)C1. The third-order valence-electron chi connectivity index (χ3n) is 3.27. The van der Waals surface area contributed by atoms with Crippen LogP contribution in [0.4, 0.5) is 4.79 Å². The van der Waals surface area contributed by atoms with Crippen LogP contribution in [0.25, 0.3) is 0 Å². The Kier molecular flexibility index (Phi) is 5.94. The number of likely N-dealkylation sites (tertiary alicyclic amines) is 1. The van der Waals surface area contributed by atoms with Crippen molar-refractivity contribution in [3.8, 4) is 0 Å². The highest BCUT2D eigenvalue weighted by Gasteiger charge is 2.49. The molecule has 130 valence electrons. The van der Waals surface area contributed by atoms with Gasteiger partial charge in [-0.05, 0) is 20.8 Å². The van der Waals surface area contributed by atoms with E-state index >= 15 is 0 Å². The fourth-order valence-electron chi connectivity index (χ4n) is 2.28. The predicted molar refractivity (Wildman–Crippen MR) is 79.4 cm³/mol. The molecule has 0 aromatic heterocycles. The lowest BCUT2D eigenvalue weighted by Gasteiger charge is -2.29. The van der Waals surface area contributed by atoms with Gasteiger partial charge in [-0.2, -0.15) is 0 Å². The van der Waals surface area contributed by atoms with E-state index < -0.39 is 23.2 Å². The molecule has 0 bridgehead atoms. The number of rotatable bonds is 5. The number of methoxy groups -OCH3 is 1. The molecule has 1 heterocycles. The summed E-state index contributed by atoms with van der Waals surface area (Å²) in [5.41, 5.74) is -2.07. The van der Waals surface area contributed by atoms with Crippen LogP contribution in [0, 0.1) is 0 Å². The smallest absolute Gasteiger partial charge is 0.408 e. The zero-order valence-electron chi connectivity index (χ0n) is 13.8. The topological polar surface area (TPSA) is 114 Å². The minimum absolute atomic E-state index is 0.0434. The van der Waals surface area contributed by atoms with Crippen LogP contribution in [0.1, 0.15) is 27.2 Å². The van der Waals surface area contributed by atoms with E-state index in [9.17, 15) is 19.2 Å². The highest BCUT2D eigenvalue weighted by Crippen LogP contribution is 2.24. The summed E-state index contributed by atoms with van der Waals surface area (Å²) in [6, 6.07) is 0. The van der Waals surface area contributed by atoms with Crippen LogP contribution in [0.2, 0.25) is 0 Å². The first kappa shape index (κ1) is 18.7. The molecule has 1 unspecified atom stereocenters. The second-order valence-corrected chi connectivity index (χ2v) is 6.26. The van der Waals surface area contributed by atoms with Gasteiger partial charge in [0.1, 0.15) is 5.60 Å². The number of alkyl carbamates (subject to hydrolysis) is 1. The van der Waals surface area contributed by atoms with Gasteiger partial charge in [0, 0.05) is 13.0 Å². The van der Waals surface area contributed by atoms with Crippen LogP contribution in [-0.4, -0.2) is 67.2 Å². The van der Waals surface area contributed by atoms with Crippen molar-refractivity contribution in [1.82, 2.24) is 15.5 Å². The number of amides is 3. The van der Waals surface area contributed by atoms with Gasteiger partial charge in [-0.3, -0.25) is 9.59 Å². The maximum absolute atomic E-state index is 12.1. The number of nitrogens with zero attached hydrogens (tertiary/aromatic N) is 1. The lowest BCUT2D eigenvalue weighted by atomic mass is 9.99. The highest BCUT2D eigenvalue weighted by atomic mass is 16.6. The number of esters is 1. The number of nitrogens with one attached hydrogen (secondary N) is 2. The van der Waals surface area contributed by atoms with E-state index in [1.165, 1.54) is 12.0 Å². The summed E-state index contributed by atoms with van der Waals surface area (Å²) in [7, 11) is 1.21. The Morgan fingerprint density at radius 3 is 2.48 bits per heavy atom. The van der Waals surface area contributed by atoms with Gasteiger partial charge in [-0.1, -0.05) is 0 Å². The Morgan fingerprint density at radius 2 is 1.96 bits per heavy atom. The third-order valence-corrected chi connectivity index (χ3v) is 3.27. The first-order valence-corrected chi connectivity index (χ1v) is 7.18. The third kappa shape index (κ3) is 5.11. The summed E-state index contributed by atoms with van der Waals surface area (Å²) in [6.45, 7) is 5.14. The molecule has 3 amide bonds. The largest absolute Gasteiger partial charge is 0.467 e. The molecule has 0 aromatic rings. The molecule has 0 aromatic carbocycles. The molecule has 9 heteroatoms. The van der Waals surface area contributed by atoms with Gasteiger partial charge in [0.05, 0.1) is 20.2 Å². The highest BCUT2D eigenvalue weighted by molar-refractivity contribution is 5.89. The number of carbonyl (C=O) groups is 4. The van der Waals surface area contributed by atoms with Gasteiger partial charge in [0.15, 0.2) is 5.54 Å². The lowest BCUT2D eigenvalue weighted by Crippen LogP contribution is -2.58. The molecular formula is C14H23N3O6. The van der Waals surface area contributed by atoms with Gasteiger partial charge in [0.2, 0.25) is 12.3 Å². The van der Waals surface area contributed by atoms with E-state index in [4.69, 9.17) is 9.47 Å². The quantitative estimate of drug-likeness (QED) is 0.514. The Balaban J connectivity index is 2.82. The van der Waals surface area contributed by atoms with Crippen molar-refractivity contribution in [2.24, 2.45) is 0 Å². The summed E-state index contributed by atoms with van der Waals surface area (Å²) < 4.78 is 9.92. The van der Waals surface area contributed by atoms with Gasteiger partial charge >= 0.3 is 12.1 Å². The average Bonchev–Trinajstić information content (AvgIpc) is 2.87. The maximum atomic E-state index is 12.1. The number of ether oxygens (including phenoxy) is 2. The van der Waals surface area contributed by atoms with Crippen molar-refractivity contribution >= 4 is 24.4 Å². The molecule has 0 spiro atoms. The second kappa shape index (κ2) is 7.30. The normalized spacial score (nSPS) is 20.6. The van der Waals surface area contributed by atoms with Crippen LogP contribution in [0.3, 0.4) is 0 Å². The van der Waals surface area contributed by atoms with Crippen molar-refractivity contribution in [3.05, 3.63) is 0 Å². The fourth-order valence-corrected chi connectivity index (χ4v) is 2.28. The average molecular weight is 329 g/mol. The van der Waals surface area contributed by atoms with Gasteiger partial charge in [-0.25, -0.2) is 9.59 Å². The fraction of sp³-hybridized carbons (Fsp3) is 0.714. The molecule has 1 saturated heterocycles. The summed E-state index contributed by atoms with van der Waals surface area (Å²) in [5.74, 6) is -1.00. The molecule has 1 aliphatic rings. The molecule has 1 rings (SSSR count). The van der Waals surface area contributed by atoms with Crippen LogP contribution < -0.4 is 10.6 Å². The van der Waals surface area contributed by atoms with Crippen LogP contribution >= 0.6 is 0 Å². The summed E-state index contributed by atoms with van der Waals surface area (Å²) in [6.07, 6.45) is -0.144. The Morgan fingerprint density at radius 1 is 1.30 bits per heavy atom. The summed E-state index contributed by atoms with van der Waals surface area (Å²) >= 11 is 0. The van der Waals surface area contributed by atoms with Crippen molar-refractivity contribution in [1.29, 1.82) is 0 Å². The molecule has 23 heavy (non-hydrogen) atoms. The Labute approximate surface area is 134 Å². The van der Waals surface area contributed by atoms with E-state index in [0.29, 0.717) is 6.41 Å². The zero-order valence-corrected chi connectivity index (χ0v) is 13.8. The van der Waals surface area contributed by atoms with Gasteiger partial charge in [0.25, 0.3) is 0 Å². The van der Waals surface area contributed by atoms with Crippen molar-refractivity contribution in [2.45, 2.75) is 38.3 Å². The Bertz CT molecular complexity index is 487. The first-order valence-electron chi connectivity index (χ1n) is 7.18. The molecule has 9 nitrogen and oxygen atoms in total. The molecule has 0 saturated carbocycles. The van der Waals surface area contributed by atoms with E-state index in [2.05, 4.69) is 10.6 Å². The van der Waals surface area contributed by atoms with Gasteiger partial charge < -0.3 is 25.0 Å². The van der Waals surface area contributed by atoms with Gasteiger partial charge in [-0.15, -0.1) is 0 Å². The molecule has 1 fully saturated rings. The summed E-state index contributed by atoms with van der Waals surface area (Å²) in [5, 5.41) is 4.79. The van der Waals surface area contributed by atoms with E-state index in [-0.39, 0.29) is 32.0 Å². The van der Waals surface area contributed by atoms with Crippen molar-refractivity contribution < 1.29 is 28.7 Å². The zero-order chi connectivity index (χ0) is 17.7. The van der Waals surface area contributed by atoms with Crippen molar-refractivity contribution in [3.63, 3.8) is 0 Å². The second-order valence-electron chi connectivity index (χ2n) is 6.26. The molecule has 1 aliphatic heterocycles. The van der Waals surface area contributed by atoms with Crippen molar-refractivity contribution in [2.75, 3.05) is 26.7 Å². The standard InChI is InChI=1S/C14H23N3O6/c1-13(2,3)23-12(21)16-14(11(20)22-4)5-6-17(8-14)10(19)7-15-9-18/h9H,5-8H2,1-4H3,(H,15,18)(H,16,21). The number of carbonyl (C=O) groups excluding carboxylic acids is 4. The molecule has 0 aliphatic carbocycles. The van der Waals surface area contributed by atoms with Crippen LogP contribution in [0.15, 0.2) is 0 Å². The molecule has 1 atom stereocenters. The number of hydrogen-bond donors (Lipinski definition) is 2.